The maximum atomic E-state index is 5.41. The fraction of sp³-hybridized carbons (Fsp3) is 0.357. The van der Waals surface area contributed by atoms with Gasteiger partial charge in [-0.15, -0.1) is 0 Å². The fourth-order valence-electron chi connectivity index (χ4n) is 2.33. The highest BCUT2D eigenvalue weighted by Crippen LogP contribution is 2.33. The highest BCUT2D eigenvalue weighted by molar-refractivity contribution is 5.69. The van der Waals surface area contributed by atoms with Crippen molar-refractivity contribution in [2.24, 2.45) is 0 Å². The molecule has 1 aliphatic heterocycles. The lowest BCUT2D eigenvalue weighted by molar-refractivity contribution is 0.404. The topological polar surface area (TPSA) is 48.3 Å². The summed E-state index contributed by atoms with van der Waals surface area (Å²) in [6, 6.07) is 5.76. The van der Waals surface area contributed by atoms with E-state index < -0.39 is 0 Å². The predicted octanol–water partition coefficient (Wildman–Crippen LogP) is 1.67. The SMILES string of the molecule is COc1ccc(OC)c(-c2cn3c(n2)CNCC3)c1. The van der Waals surface area contributed by atoms with Crippen LogP contribution in [0.15, 0.2) is 24.4 Å². The van der Waals surface area contributed by atoms with Crippen molar-refractivity contribution in [3.05, 3.63) is 30.2 Å². The number of benzene rings is 1. The summed E-state index contributed by atoms with van der Waals surface area (Å²) < 4.78 is 12.9. The van der Waals surface area contributed by atoms with Gasteiger partial charge >= 0.3 is 0 Å². The third-order valence-electron chi connectivity index (χ3n) is 3.35. The van der Waals surface area contributed by atoms with E-state index in [-0.39, 0.29) is 0 Å². The Kier molecular flexibility index (Phi) is 3.13. The van der Waals surface area contributed by atoms with Crippen LogP contribution in [0.3, 0.4) is 0 Å². The summed E-state index contributed by atoms with van der Waals surface area (Å²) in [4.78, 5) is 4.67. The van der Waals surface area contributed by atoms with Crippen molar-refractivity contribution in [2.75, 3.05) is 20.8 Å². The van der Waals surface area contributed by atoms with E-state index in [1.165, 1.54) is 0 Å². The molecule has 0 radical (unpaired) electrons. The zero-order valence-electron chi connectivity index (χ0n) is 11.1. The van der Waals surface area contributed by atoms with Crippen LogP contribution in [0, 0.1) is 0 Å². The second-order valence-electron chi connectivity index (χ2n) is 4.48. The van der Waals surface area contributed by atoms with E-state index >= 15 is 0 Å². The summed E-state index contributed by atoms with van der Waals surface area (Å²) >= 11 is 0. The Bertz CT molecular complexity index is 569. The molecule has 2 heterocycles. The van der Waals surface area contributed by atoms with Crippen LogP contribution in [0.1, 0.15) is 5.82 Å². The third-order valence-corrected chi connectivity index (χ3v) is 3.35. The lowest BCUT2D eigenvalue weighted by Crippen LogP contribution is -2.27. The molecular weight excluding hydrogens is 242 g/mol. The molecule has 1 aromatic heterocycles. The lowest BCUT2D eigenvalue weighted by atomic mass is 10.1. The van der Waals surface area contributed by atoms with E-state index in [0.717, 1.165) is 48.2 Å². The Morgan fingerprint density at radius 3 is 2.89 bits per heavy atom. The predicted molar refractivity (Wildman–Crippen MR) is 72.5 cm³/mol. The second-order valence-corrected chi connectivity index (χ2v) is 4.48. The molecule has 3 rings (SSSR count). The molecule has 5 heteroatoms. The first-order valence-corrected chi connectivity index (χ1v) is 6.31. The van der Waals surface area contributed by atoms with Gasteiger partial charge in [0.2, 0.25) is 0 Å². The summed E-state index contributed by atoms with van der Waals surface area (Å²) in [5.74, 6) is 2.68. The number of fused-ring (bicyclic) bond motifs is 1. The van der Waals surface area contributed by atoms with Crippen molar-refractivity contribution in [1.29, 1.82) is 0 Å². The minimum absolute atomic E-state index is 0.805. The summed E-state index contributed by atoms with van der Waals surface area (Å²) in [7, 11) is 3.33. The van der Waals surface area contributed by atoms with Gasteiger partial charge in [-0.3, -0.25) is 0 Å². The molecular formula is C14H17N3O2. The summed E-state index contributed by atoms with van der Waals surface area (Å²) in [6.45, 7) is 2.75. The molecule has 0 aliphatic carbocycles. The second kappa shape index (κ2) is 4.93. The van der Waals surface area contributed by atoms with E-state index in [1.807, 2.05) is 18.2 Å². The zero-order valence-corrected chi connectivity index (χ0v) is 11.1. The maximum absolute atomic E-state index is 5.41. The number of imidazole rings is 1. The summed E-state index contributed by atoms with van der Waals surface area (Å²) in [5.41, 5.74) is 1.89. The largest absolute Gasteiger partial charge is 0.497 e. The van der Waals surface area contributed by atoms with Crippen LogP contribution in [0.5, 0.6) is 11.5 Å². The van der Waals surface area contributed by atoms with Crippen LogP contribution in [0.25, 0.3) is 11.3 Å². The van der Waals surface area contributed by atoms with Crippen LogP contribution in [-0.4, -0.2) is 30.3 Å². The van der Waals surface area contributed by atoms with Crippen molar-refractivity contribution < 1.29 is 9.47 Å². The standard InChI is InChI=1S/C14H17N3O2/c1-18-10-3-4-13(19-2)11(7-10)12-9-17-6-5-15-8-14(17)16-12/h3-4,7,9,15H,5-6,8H2,1-2H3. The minimum atomic E-state index is 0.805. The number of nitrogens with zero attached hydrogens (tertiary/aromatic N) is 2. The van der Waals surface area contributed by atoms with E-state index in [0.29, 0.717) is 0 Å². The smallest absolute Gasteiger partial charge is 0.128 e. The molecule has 100 valence electrons. The molecule has 0 saturated carbocycles. The number of hydrogen-bond acceptors (Lipinski definition) is 4. The molecule has 0 unspecified atom stereocenters. The van der Waals surface area contributed by atoms with E-state index in [2.05, 4.69) is 21.1 Å². The normalized spacial score (nSPS) is 14.0. The van der Waals surface area contributed by atoms with Crippen LogP contribution in [0.4, 0.5) is 0 Å². The molecule has 1 N–H and O–H groups in total. The maximum Gasteiger partial charge on any atom is 0.128 e. The molecule has 0 atom stereocenters. The van der Waals surface area contributed by atoms with Crippen LogP contribution in [0.2, 0.25) is 0 Å². The monoisotopic (exact) mass is 259 g/mol. The Hall–Kier alpha value is -2.01. The molecule has 1 aromatic carbocycles. The first-order chi connectivity index (χ1) is 9.31. The van der Waals surface area contributed by atoms with Crippen molar-refractivity contribution in [1.82, 2.24) is 14.9 Å². The number of aromatic nitrogens is 2. The van der Waals surface area contributed by atoms with Crippen LogP contribution >= 0.6 is 0 Å². The molecule has 5 nitrogen and oxygen atoms in total. The minimum Gasteiger partial charge on any atom is -0.497 e. The highest BCUT2D eigenvalue weighted by atomic mass is 16.5. The first-order valence-electron chi connectivity index (χ1n) is 6.31. The Morgan fingerprint density at radius 1 is 1.26 bits per heavy atom. The van der Waals surface area contributed by atoms with Gasteiger partial charge in [-0.1, -0.05) is 0 Å². The molecule has 0 fully saturated rings. The van der Waals surface area contributed by atoms with Crippen molar-refractivity contribution in [3.63, 3.8) is 0 Å². The van der Waals surface area contributed by atoms with Gasteiger partial charge in [-0.05, 0) is 18.2 Å². The molecule has 0 bridgehead atoms. The van der Waals surface area contributed by atoms with Gasteiger partial charge in [0.15, 0.2) is 0 Å². The van der Waals surface area contributed by atoms with E-state index in [4.69, 9.17) is 9.47 Å². The van der Waals surface area contributed by atoms with Gasteiger partial charge in [0.1, 0.15) is 17.3 Å². The van der Waals surface area contributed by atoms with Crippen molar-refractivity contribution >= 4 is 0 Å². The van der Waals surface area contributed by atoms with Gasteiger partial charge < -0.3 is 19.4 Å². The quantitative estimate of drug-likeness (QED) is 0.911. The zero-order chi connectivity index (χ0) is 13.2. The van der Waals surface area contributed by atoms with Gasteiger partial charge in [0.05, 0.1) is 26.5 Å². The van der Waals surface area contributed by atoms with Crippen molar-refractivity contribution in [2.45, 2.75) is 13.1 Å². The Morgan fingerprint density at radius 2 is 2.16 bits per heavy atom. The molecule has 1 aliphatic rings. The Balaban J connectivity index is 2.07. The Labute approximate surface area is 112 Å². The van der Waals surface area contributed by atoms with E-state index in [1.54, 1.807) is 14.2 Å². The average molecular weight is 259 g/mol. The first kappa shape index (κ1) is 12.0. The number of ether oxygens (including phenoxy) is 2. The average Bonchev–Trinajstić information content (AvgIpc) is 2.90. The number of methoxy groups -OCH3 is 2. The van der Waals surface area contributed by atoms with Crippen LogP contribution < -0.4 is 14.8 Å². The van der Waals surface area contributed by atoms with Gasteiger partial charge in [-0.25, -0.2) is 4.98 Å². The van der Waals surface area contributed by atoms with Gasteiger partial charge in [0, 0.05) is 24.8 Å². The third kappa shape index (κ3) is 2.17. The van der Waals surface area contributed by atoms with Gasteiger partial charge in [-0.2, -0.15) is 0 Å². The molecule has 2 aromatic rings. The number of nitrogens with one attached hydrogen (secondary N) is 1. The molecule has 0 amide bonds. The molecule has 0 spiro atoms. The van der Waals surface area contributed by atoms with E-state index in [9.17, 15) is 0 Å². The number of hydrogen-bond donors (Lipinski definition) is 1. The van der Waals surface area contributed by atoms with Gasteiger partial charge in [0.25, 0.3) is 0 Å². The lowest BCUT2D eigenvalue weighted by Gasteiger charge is -2.13. The summed E-state index contributed by atoms with van der Waals surface area (Å²) in [6.07, 6.45) is 2.08. The highest BCUT2D eigenvalue weighted by Gasteiger charge is 2.16. The fourth-order valence-corrected chi connectivity index (χ4v) is 2.33. The van der Waals surface area contributed by atoms with Crippen molar-refractivity contribution in [3.8, 4) is 22.8 Å². The molecule has 0 saturated heterocycles. The van der Waals surface area contributed by atoms with Crippen LogP contribution in [-0.2, 0) is 13.1 Å². The molecule has 19 heavy (non-hydrogen) atoms. The number of rotatable bonds is 3. The summed E-state index contributed by atoms with van der Waals surface area (Å²) in [5, 5.41) is 3.32.